The zero-order valence-corrected chi connectivity index (χ0v) is 30.4. The summed E-state index contributed by atoms with van der Waals surface area (Å²) in [5.74, 6) is 1.07. The molecule has 0 unspecified atom stereocenters. The van der Waals surface area contributed by atoms with Crippen molar-refractivity contribution in [2.45, 2.75) is 43.3 Å². The molecule has 2 aromatic carbocycles. The molecule has 262 valence electrons. The predicted octanol–water partition coefficient (Wildman–Crippen LogP) is 4.86. The first kappa shape index (κ1) is 35.6. The summed E-state index contributed by atoms with van der Waals surface area (Å²) >= 11 is 8.94. The number of para-hydroxylation sites is 1. The van der Waals surface area contributed by atoms with Crippen molar-refractivity contribution in [1.82, 2.24) is 34.0 Å². The van der Waals surface area contributed by atoms with Gasteiger partial charge >= 0.3 is 5.69 Å². The number of thioether (sulfide) groups is 1. The molecule has 7 rings (SSSR count). The van der Waals surface area contributed by atoms with Crippen LogP contribution in [-0.2, 0) is 11.8 Å². The van der Waals surface area contributed by atoms with E-state index in [1.165, 1.54) is 6.08 Å². The van der Waals surface area contributed by atoms with Crippen LogP contribution in [0.5, 0.6) is 0 Å². The quantitative estimate of drug-likeness (QED) is 0.250. The van der Waals surface area contributed by atoms with Gasteiger partial charge in [-0.25, -0.2) is 13.6 Å². The van der Waals surface area contributed by atoms with Crippen molar-refractivity contribution in [2.75, 3.05) is 63.0 Å². The highest BCUT2D eigenvalue weighted by molar-refractivity contribution is 7.99. The Morgan fingerprint density at radius 3 is 2.57 bits per heavy atom. The van der Waals surface area contributed by atoms with Crippen molar-refractivity contribution >= 4 is 70.4 Å². The van der Waals surface area contributed by atoms with Gasteiger partial charge in [0.25, 0.3) is 6.43 Å². The van der Waals surface area contributed by atoms with Gasteiger partial charge < -0.3 is 9.80 Å². The van der Waals surface area contributed by atoms with Crippen LogP contribution in [-0.4, -0.2) is 117 Å². The highest BCUT2D eigenvalue weighted by atomic mass is 35.5. The van der Waals surface area contributed by atoms with Gasteiger partial charge in [0, 0.05) is 97.5 Å². The molecule has 2 aromatic heterocycles. The number of halogens is 3. The van der Waals surface area contributed by atoms with Crippen LogP contribution >= 0.6 is 36.9 Å². The largest absolute Gasteiger partial charge is 0.350 e. The van der Waals surface area contributed by atoms with Gasteiger partial charge in [-0.2, -0.15) is 23.6 Å². The first-order chi connectivity index (χ1) is 23.0. The lowest BCUT2D eigenvalue weighted by Gasteiger charge is -2.45. The molecule has 10 nitrogen and oxygen atoms in total. The van der Waals surface area contributed by atoms with Crippen LogP contribution in [0.3, 0.4) is 0 Å². The smallest absolute Gasteiger partial charge is 0.349 e. The molecule has 3 aliphatic heterocycles. The van der Waals surface area contributed by atoms with E-state index in [0.29, 0.717) is 62.4 Å². The molecule has 0 radical (unpaired) electrons. The van der Waals surface area contributed by atoms with Crippen molar-refractivity contribution in [2.24, 2.45) is 7.05 Å². The minimum absolute atomic E-state index is 0. The minimum atomic E-state index is -2.35. The molecule has 2 fully saturated rings. The Balaban J connectivity index is 0.00000417. The second-order valence-corrected chi connectivity index (χ2v) is 14.5. The summed E-state index contributed by atoms with van der Waals surface area (Å²) in [6, 6.07) is 7.58. The van der Waals surface area contributed by atoms with E-state index in [-0.39, 0.29) is 49.8 Å². The third-order valence-corrected chi connectivity index (χ3v) is 11.5. The molecule has 3 atom stereocenters. The Labute approximate surface area is 300 Å². The number of benzene rings is 2. The van der Waals surface area contributed by atoms with Crippen LogP contribution in [0.25, 0.3) is 32.9 Å². The molecular weight excluding hydrogens is 690 g/mol. The molecule has 2 saturated heterocycles. The predicted molar refractivity (Wildman–Crippen MR) is 198 cm³/mol. The van der Waals surface area contributed by atoms with Gasteiger partial charge in [0.05, 0.1) is 34.8 Å². The van der Waals surface area contributed by atoms with Crippen LogP contribution in [0.15, 0.2) is 52.8 Å². The molecular formula is C34H41ClF2N8O2S2. The van der Waals surface area contributed by atoms with Crippen LogP contribution < -0.4 is 10.6 Å². The summed E-state index contributed by atoms with van der Waals surface area (Å²) in [7, 11) is 1.91. The minimum Gasteiger partial charge on any atom is -0.349 e. The second kappa shape index (κ2) is 14.2. The number of carbonyl (C=O) groups is 1. The summed E-state index contributed by atoms with van der Waals surface area (Å²) in [5, 5.41) is 6.84. The average Bonchev–Trinajstić information content (AvgIpc) is 3.45. The topological polar surface area (TPSA) is 82.7 Å². The average molecular weight is 731 g/mol. The maximum Gasteiger partial charge on any atom is 0.350 e. The summed E-state index contributed by atoms with van der Waals surface area (Å²) in [5.41, 5.74) is 3.21. The second-order valence-electron chi connectivity index (χ2n) is 13.1. The maximum absolute atomic E-state index is 14.3. The lowest BCUT2D eigenvalue weighted by Crippen LogP contribution is -2.58. The lowest BCUT2D eigenvalue weighted by atomic mass is 9.99. The first-order valence-electron chi connectivity index (χ1n) is 16.3. The van der Waals surface area contributed by atoms with Gasteiger partial charge in [0.1, 0.15) is 5.82 Å². The number of rotatable bonds is 7. The molecule has 4 aromatic rings. The summed E-state index contributed by atoms with van der Waals surface area (Å²) in [4.78, 5) is 40.5. The molecule has 0 aliphatic carbocycles. The highest BCUT2D eigenvalue weighted by Gasteiger charge is 2.36. The van der Waals surface area contributed by atoms with Crippen molar-refractivity contribution in [3.63, 3.8) is 0 Å². The van der Waals surface area contributed by atoms with E-state index in [1.807, 2.05) is 60.6 Å². The Morgan fingerprint density at radius 2 is 1.86 bits per heavy atom. The number of anilines is 1. The zero-order chi connectivity index (χ0) is 33.9. The maximum atomic E-state index is 14.3. The van der Waals surface area contributed by atoms with Crippen LogP contribution in [0.4, 0.5) is 14.6 Å². The van der Waals surface area contributed by atoms with Crippen molar-refractivity contribution in [1.29, 1.82) is 0 Å². The van der Waals surface area contributed by atoms with Crippen molar-refractivity contribution < 1.29 is 13.6 Å². The van der Waals surface area contributed by atoms with Crippen molar-refractivity contribution in [3.05, 3.63) is 58.6 Å². The van der Waals surface area contributed by atoms with E-state index >= 15 is 0 Å². The number of alkyl halides is 2. The third kappa shape index (κ3) is 6.46. The van der Waals surface area contributed by atoms with Gasteiger partial charge in [0.15, 0.2) is 0 Å². The molecule has 0 N–H and O–H groups in total. The SMILES string of the molecule is C=CC(=O)N1C[C@H](C)N(c2nc(=O)n3c4c(c(-c5cccc6cnn(C)c56)c(Cl)cc24)SC[C@@H]3CN2CCN(CC(F)F)CC2)C[C@H]1C.S. The van der Waals surface area contributed by atoms with E-state index in [1.54, 1.807) is 21.6 Å². The number of aryl methyl sites for hydroxylation is 1. The van der Waals surface area contributed by atoms with E-state index in [0.717, 1.165) is 37.8 Å². The third-order valence-electron chi connectivity index (χ3n) is 9.96. The van der Waals surface area contributed by atoms with E-state index in [9.17, 15) is 18.4 Å². The molecule has 5 heterocycles. The van der Waals surface area contributed by atoms with Gasteiger partial charge in [-0.15, -0.1) is 11.8 Å². The molecule has 15 heteroatoms. The number of hydrogen-bond acceptors (Lipinski definition) is 8. The molecule has 1 amide bonds. The number of hydrogen-bond donors (Lipinski definition) is 0. The van der Waals surface area contributed by atoms with E-state index in [4.69, 9.17) is 16.6 Å². The number of carbonyl (C=O) groups excluding carboxylic acids is 1. The molecule has 3 aliphatic rings. The lowest BCUT2D eigenvalue weighted by molar-refractivity contribution is -0.128. The van der Waals surface area contributed by atoms with Crippen LogP contribution in [0.1, 0.15) is 19.9 Å². The van der Waals surface area contributed by atoms with Crippen LogP contribution in [0.2, 0.25) is 5.02 Å². The van der Waals surface area contributed by atoms with E-state index < -0.39 is 6.43 Å². The van der Waals surface area contributed by atoms with Gasteiger partial charge in [-0.1, -0.05) is 36.4 Å². The normalized spacial score (nSPS) is 21.8. The van der Waals surface area contributed by atoms with E-state index in [2.05, 4.69) is 21.5 Å². The number of fused-ring (bicyclic) bond motifs is 1. The number of nitrogens with zero attached hydrogens (tertiary/aromatic N) is 8. The van der Waals surface area contributed by atoms with Crippen molar-refractivity contribution in [3.8, 4) is 11.1 Å². The highest BCUT2D eigenvalue weighted by Crippen LogP contribution is 2.49. The molecule has 49 heavy (non-hydrogen) atoms. The van der Waals surface area contributed by atoms with Gasteiger partial charge in [-0.3, -0.25) is 23.8 Å². The Bertz CT molecular complexity index is 1960. The zero-order valence-electron chi connectivity index (χ0n) is 27.8. The number of piperazine rings is 2. The summed E-state index contributed by atoms with van der Waals surface area (Å²) in [6.45, 7) is 11.5. The molecule has 0 saturated carbocycles. The van der Waals surface area contributed by atoms with Crippen LogP contribution in [0, 0.1) is 0 Å². The first-order valence-corrected chi connectivity index (χ1v) is 17.7. The summed E-state index contributed by atoms with van der Waals surface area (Å²) in [6.07, 6.45) is 0.820. The van der Waals surface area contributed by atoms with Gasteiger partial charge in [0.2, 0.25) is 5.91 Å². The fourth-order valence-electron chi connectivity index (χ4n) is 7.59. The number of aromatic nitrogens is 4. The van der Waals surface area contributed by atoms with Gasteiger partial charge in [-0.05, 0) is 26.0 Å². The molecule has 0 spiro atoms. The fraction of sp³-hybridized carbons (Fsp3) is 0.471. The Hall–Kier alpha value is -3.17. The summed E-state index contributed by atoms with van der Waals surface area (Å²) < 4.78 is 29.7. The monoisotopic (exact) mass is 730 g/mol. The Morgan fingerprint density at radius 1 is 1.12 bits per heavy atom. The molecule has 0 bridgehead atoms. The Kier molecular flexibility index (Phi) is 10.3. The standard InChI is InChI=1S/C34H39ClF2N8O2S.H2S/c1-5-28(46)43-15-21(3)44(16-20(43)2)33-25-13-26(35)29(24-8-6-7-22-14-38-40(4)30(22)24)32-31(25)45(34(47)39-33)23(19-48-32)17-41-9-11-42(12-10-41)18-27(36)37;/h5-8,13-14,20-21,23,27H,1,9-12,15-19H2,2-4H3;1H2/t20-,21+,23+;/m1./s1. The number of amides is 1. The fourth-order valence-corrected chi connectivity index (χ4v) is 9.28.